The van der Waals surface area contributed by atoms with E-state index in [0.29, 0.717) is 19.4 Å². The lowest BCUT2D eigenvalue weighted by molar-refractivity contribution is -0.169. The second-order valence-corrected chi connectivity index (χ2v) is 56.2. The molecular formula is C53H112O8Si6. The SMILES string of the molecule is CC.CC1(O[Si](C)(C)C)[C@H](O[Si](C)(C)C(C)(C)C)CC(O)C[C@H]1O[Si](C)(C)C(C)(C)C.CC1(O[Si](C)(C)C)[C@H](O[Si](C)(C)C(C)(C)C)CC(OCc2ccccc2)C[C@H]1O[Si](C)(C)C(C)(C)C. The minimum atomic E-state index is -2.06. The minimum absolute atomic E-state index is 0.0630. The zero-order valence-electron chi connectivity index (χ0n) is 49.7. The Labute approximate surface area is 422 Å². The van der Waals surface area contributed by atoms with E-state index in [1.165, 1.54) is 5.56 Å². The molecule has 2 saturated carbocycles. The Morgan fingerprint density at radius 1 is 0.463 bits per heavy atom. The van der Waals surface area contributed by atoms with Crippen molar-refractivity contribution in [3.05, 3.63) is 35.9 Å². The third kappa shape index (κ3) is 18.6. The van der Waals surface area contributed by atoms with Gasteiger partial charge < -0.3 is 36.4 Å². The monoisotopic (exact) mass is 1040 g/mol. The highest BCUT2D eigenvalue weighted by Crippen LogP contribution is 2.49. The highest BCUT2D eigenvalue weighted by atomic mass is 28.4. The van der Waals surface area contributed by atoms with Crippen LogP contribution in [-0.2, 0) is 37.9 Å². The van der Waals surface area contributed by atoms with E-state index in [2.05, 4.69) is 219 Å². The molecule has 14 heteroatoms. The Morgan fingerprint density at radius 2 is 0.716 bits per heavy atom. The van der Waals surface area contributed by atoms with E-state index in [-0.39, 0.29) is 50.7 Å². The number of hydrogen-bond donors (Lipinski definition) is 1. The van der Waals surface area contributed by atoms with Gasteiger partial charge in [0.15, 0.2) is 49.9 Å². The quantitative estimate of drug-likeness (QED) is 0.174. The van der Waals surface area contributed by atoms with E-state index < -0.39 is 67.2 Å². The third-order valence-corrected chi connectivity index (χ3v) is 35.9. The van der Waals surface area contributed by atoms with Crippen molar-refractivity contribution in [2.75, 3.05) is 0 Å². The van der Waals surface area contributed by atoms with Crippen molar-refractivity contribution >= 4 is 49.9 Å². The maximum absolute atomic E-state index is 10.8. The second kappa shape index (κ2) is 23.2. The molecule has 0 heterocycles. The fourth-order valence-corrected chi connectivity index (χ4v) is 16.6. The van der Waals surface area contributed by atoms with Crippen molar-refractivity contribution in [2.45, 2.75) is 303 Å². The zero-order chi connectivity index (χ0) is 53.1. The molecule has 2 aliphatic rings. The minimum Gasteiger partial charge on any atom is -0.411 e. The number of ether oxygens (including phenoxy) is 1. The molecule has 2 fully saturated rings. The van der Waals surface area contributed by atoms with E-state index in [0.717, 1.165) is 12.8 Å². The number of hydrogen-bond acceptors (Lipinski definition) is 8. The van der Waals surface area contributed by atoms with Crippen LogP contribution in [-0.4, -0.2) is 103 Å². The molecular weight excluding hydrogens is 933 g/mol. The fourth-order valence-electron chi connectivity index (χ4n) is 7.81. The fraction of sp³-hybridized carbons (Fsp3) is 0.887. The number of benzene rings is 1. The van der Waals surface area contributed by atoms with Crippen molar-refractivity contribution in [3.63, 3.8) is 0 Å². The zero-order valence-corrected chi connectivity index (χ0v) is 55.7. The lowest BCUT2D eigenvalue weighted by atomic mass is 9.79. The normalized spacial score (nSPS) is 27.7. The molecule has 0 bridgehead atoms. The first-order valence-corrected chi connectivity index (χ1v) is 44.5. The van der Waals surface area contributed by atoms with Gasteiger partial charge in [-0.25, -0.2) is 0 Å². The maximum atomic E-state index is 10.8. The molecule has 0 spiro atoms. The molecule has 67 heavy (non-hydrogen) atoms. The van der Waals surface area contributed by atoms with Crippen molar-refractivity contribution in [3.8, 4) is 0 Å². The van der Waals surface area contributed by atoms with Gasteiger partial charge in [-0.2, -0.15) is 0 Å². The summed E-state index contributed by atoms with van der Waals surface area (Å²) in [5, 5.41) is 11.2. The topological polar surface area (TPSA) is 84.8 Å². The Hall–Kier alpha value is 0.201. The van der Waals surface area contributed by atoms with Gasteiger partial charge in [-0.1, -0.05) is 127 Å². The van der Waals surface area contributed by atoms with Crippen LogP contribution in [0.25, 0.3) is 0 Å². The summed E-state index contributed by atoms with van der Waals surface area (Å²) in [6.45, 7) is 68.6. The van der Waals surface area contributed by atoms with Crippen molar-refractivity contribution in [1.29, 1.82) is 0 Å². The average molecular weight is 1050 g/mol. The van der Waals surface area contributed by atoms with Crippen LogP contribution in [0.4, 0.5) is 0 Å². The molecule has 1 aromatic rings. The number of aliphatic hydroxyl groups is 1. The average Bonchev–Trinajstić information content (AvgIpc) is 3.09. The number of rotatable bonds is 15. The van der Waals surface area contributed by atoms with Gasteiger partial charge >= 0.3 is 0 Å². The molecule has 0 aromatic heterocycles. The first-order chi connectivity index (χ1) is 29.6. The van der Waals surface area contributed by atoms with E-state index >= 15 is 0 Å². The highest BCUT2D eigenvalue weighted by Gasteiger charge is 2.58. The van der Waals surface area contributed by atoms with E-state index in [1.54, 1.807) is 0 Å². The first-order valence-electron chi connectivity index (χ1n) is 26.0. The summed E-state index contributed by atoms with van der Waals surface area (Å²) in [4.78, 5) is 0. The predicted molar refractivity (Wildman–Crippen MR) is 305 cm³/mol. The molecule has 0 unspecified atom stereocenters. The van der Waals surface area contributed by atoms with Crippen LogP contribution in [0, 0.1) is 0 Å². The summed E-state index contributed by atoms with van der Waals surface area (Å²) in [5.74, 6) is 0. The molecule has 8 nitrogen and oxygen atoms in total. The van der Waals surface area contributed by atoms with Gasteiger partial charge in [0, 0.05) is 25.7 Å². The first kappa shape index (κ1) is 65.2. The van der Waals surface area contributed by atoms with E-state index in [9.17, 15) is 5.11 Å². The summed E-state index contributed by atoms with van der Waals surface area (Å²) >= 11 is 0. The smallest absolute Gasteiger partial charge is 0.192 e. The molecule has 2 aliphatic carbocycles. The van der Waals surface area contributed by atoms with Crippen LogP contribution in [0.3, 0.4) is 0 Å². The van der Waals surface area contributed by atoms with Gasteiger partial charge in [0.1, 0.15) is 11.2 Å². The summed E-state index contributed by atoms with van der Waals surface area (Å²) < 4.78 is 48.8. The van der Waals surface area contributed by atoms with Gasteiger partial charge in [-0.15, -0.1) is 0 Å². The summed E-state index contributed by atoms with van der Waals surface area (Å²) in [6.07, 6.45) is 2.07. The van der Waals surface area contributed by atoms with Crippen molar-refractivity contribution in [1.82, 2.24) is 0 Å². The van der Waals surface area contributed by atoms with Gasteiger partial charge in [0.2, 0.25) is 0 Å². The second-order valence-electron chi connectivity index (χ2n) is 28.3. The molecule has 0 radical (unpaired) electrons. The van der Waals surface area contributed by atoms with Crippen LogP contribution in [0.2, 0.25) is 112 Å². The van der Waals surface area contributed by atoms with E-state index in [1.807, 2.05) is 13.8 Å². The van der Waals surface area contributed by atoms with Gasteiger partial charge in [-0.05, 0) is 131 Å². The Bertz CT molecular complexity index is 1550. The Balaban J connectivity index is 0.000000661. The number of aliphatic hydroxyl groups excluding tert-OH is 1. The molecule has 1 N–H and O–H groups in total. The molecule has 0 aliphatic heterocycles. The Kier molecular flexibility index (Phi) is 22.6. The van der Waals surface area contributed by atoms with Gasteiger partial charge in [0.25, 0.3) is 0 Å². The van der Waals surface area contributed by atoms with Crippen LogP contribution in [0.5, 0.6) is 0 Å². The van der Waals surface area contributed by atoms with Crippen molar-refractivity contribution < 1.29 is 36.4 Å². The highest BCUT2D eigenvalue weighted by molar-refractivity contribution is 6.75. The van der Waals surface area contributed by atoms with Crippen molar-refractivity contribution in [2.24, 2.45) is 0 Å². The maximum Gasteiger partial charge on any atom is 0.192 e. The molecule has 0 saturated heterocycles. The summed E-state index contributed by atoms with van der Waals surface area (Å²) in [5.41, 5.74) is 0.143. The largest absolute Gasteiger partial charge is 0.411 e. The Morgan fingerprint density at radius 3 is 0.955 bits per heavy atom. The standard InChI is InChI=1S/C29H56O4Si3.C22H50O4Si3.C2H6/c1-27(2,3)35(11,12)31-25-20-24(30-22-23-18-16-15-17-19-23)21-26(29(25,7)33-34(8,9)10)32-36(13,14)28(4,5)6;1-20(2,3)28(11,12)24-18-15-17(23)16-19(22(18,7)26-27(8,9)10)25-29(13,14)21(4,5)6;1-2/h15-19,24-26H,20-22H2,1-14H3;17-19,23H,15-16H2,1-14H3;1-2H3/t24?,25-,26-,29?;17?,18-,19-,22?;/m11./s1. The molecule has 396 valence electrons. The van der Waals surface area contributed by atoms with Crippen LogP contribution in [0.15, 0.2) is 30.3 Å². The predicted octanol–water partition coefficient (Wildman–Crippen LogP) is 16.3. The van der Waals surface area contributed by atoms with E-state index in [4.69, 9.17) is 31.3 Å². The van der Waals surface area contributed by atoms with Gasteiger partial charge in [0.05, 0.1) is 43.2 Å². The lowest BCUT2D eigenvalue weighted by Crippen LogP contribution is -2.66. The molecule has 0 amide bonds. The third-order valence-electron chi connectivity index (χ3n) is 15.8. The van der Waals surface area contributed by atoms with Crippen LogP contribution >= 0.6 is 0 Å². The summed E-state index contributed by atoms with van der Waals surface area (Å²) in [6, 6.07) is 10.5. The van der Waals surface area contributed by atoms with Crippen LogP contribution in [0.1, 0.15) is 142 Å². The summed E-state index contributed by atoms with van der Waals surface area (Å²) in [7, 11) is -12.0. The molecule has 3 rings (SSSR count). The van der Waals surface area contributed by atoms with Crippen LogP contribution < -0.4 is 0 Å². The molecule has 1 aromatic carbocycles. The molecule has 4 atom stereocenters. The van der Waals surface area contributed by atoms with Gasteiger partial charge in [-0.3, -0.25) is 0 Å². The lowest BCUT2D eigenvalue weighted by Gasteiger charge is -2.56.